The largest absolute Gasteiger partial charge is 0.383 e. The van der Waals surface area contributed by atoms with E-state index in [4.69, 9.17) is 5.26 Å². The average Bonchev–Trinajstić information content (AvgIpc) is 2.16. The predicted octanol–water partition coefficient (Wildman–Crippen LogP) is 3.72. The minimum absolute atomic E-state index is 0.343. The second kappa shape index (κ2) is 4.67. The molecular formula is C12H15BrN2. The zero-order chi connectivity index (χ0) is 11.5. The molecule has 0 heterocycles. The lowest BCUT2D eigenvalue weighted by molar-refractivity contribution is 0.529. The molecule has 0 aliphatic heterocycles. The molecule has 0 radical (unpaired) electrons. The molecule has 1 aromatic rings. The molecule has 2 nitrogen and oxygen atoms in total. The number of nitrogens with one attached hydrogen (secondary N) is 1. The van der Waals surface area contributed by atoms with Crippen molar-refractivity contribution in [3.63, 3.8) is 0 Å². The molecule has 0 saturated heterocycles. The summed E-state index contributed by atoms with van der Waals surface area (Å²) in [5.74, 6) is 0. The van der Waals surface area contributed by atoms with E-state index < -0.39 is 0 Å². The average molecular weight is 267 g/mol. The summed E-state index contributed by atoms with van der Waals surface area (Å²) < 4.78 is 1.04. The molecule has 0 spiro atoms. The second-order valence-corrected chi connectivity index (χ2v) is 5.19. The summed E-state index contributed by atoms with van der Waals surface area (Å²) in [6.45, 7) is 6.53. The number of hydrogen-bond donors (Lipinski definition) is 1. The first-order chi connectivity index (χ1) is 6.94. The van der Waals surface area contributed by atoms with Crippen LogP contribution in [-0.4, -0.2) is 6.54 Å². The van der Waals surface area contributed by atoms with Gasteiger partial charge in [0.25, 0.3) is 0 Å². The van der Waals surface area contributed by atoms with Crippen LogP contribution in [-0.2, 0) is 0 Å². The summed E-state index contributed by atoms with van der Waals surface area (Å²) in [5, 5.41) is 12.1. The van der Waals surface area contributed by atoms with E-state index >= 15 is 0 Å². The summed E-state index contributed by atoms with van der Waals surface area (Å²) in [4.78, 5) is 0. The van der Waals surface area contributed by atoms with E-state index in [-0.39, 0.29) is 5.41 Å². The van der Waals surface area contributed by atoms with Crippen LogP contribution in [0.5, 0.6) is 0 Å². The molecule has 0 bridgehead atoms. The van der Waals surface area contributed by atoms with Crippen LogP contribution in [0, 0.1) is 23.7 Å². The fourth-order valence-corrected chi connectivity index (χ4v) is 1.75. The number of aryl methyl sites for hydroxylation is 1. The van der Waals surface area contributed by atoms with Gasteiger partial charge < -0.3 is 5.32 Å². The third-order valence-corrected chi connectivity index (χ3v) is 2.80. The van der Waals surface area contributed by atoms with Crippen LogP contribution < -0.4 is 5.32 Å². The van der Waals surface area contributed by atoms with Gasteiger partial charge in [0.1, 0.15) is 0 Å². The van der Waals surface area contributed by atoms with Crippen LogP contribution in [0.15, 0.2) is 22.7 Å². The molecule has 80 valence electrons. The van der Waals surface area contributed by atoms with E-state index in [0.717, 1.165) is 10.2 Å². The van der Waals surface area contributed by atoms with Gasteiger partial charge in [-0.3, -0.25) is 0 Å². The van der Waals surface area contributed by atoms with Gasteiger partial charge in [-0.25, -0.2) is 0 Å². The summed E-state index contributed by atoms with van der Waals surface area (Å²) in [6.07, 6.45) is 0. The van der Waals surface area contributed by atoms with Crippen molar-refractivity contribution in [2.75, 3.05) is 11.9 Å². The molecule has 1 aromatic carbocycles. The van der Waals surface area contributed by atoms with Crippen LogP contribution in [0.4, 0.5) is 5.69 Å². The summed E-state index contributed by atoms with van der Waals surface area (Å²) in [6, 6.07) is 8.39. The van der Waals surface area contributed by atoms with Crippen molar-refractivity contribution in [1.82, 2.24) is 0 Å². The SMILES string of the molecule is Cc1ccc(NCC(C)(C)C#N)c(Br)c1. The highest BCUT2D eigenvalue weighted by Gasteiger charge is 2.16. The monoisotopic (exact) mass is 266 g/mol. The van der Waals surface area contributed by atoms with E-state index in [0.29, 0.717) is 6.54 Å². The van der Waals surface area contributed by atoms with Crippen molar-refractivity contribution in [3.8, 4) is 6.07 Å². The van der Waals surface area contributed by atoms with Crippen molar-refractivity contribution >= 4 is 21.6 Å². The molecule has 0 fully saturated rings. The highest BCUT2D eigenvalue weighted by molar-refractivity contribution is 9.10. The Labute approximate surface area is 99.4 Å². The second-order valence-electron chi connectivity index (χ2n) is 4.33. The third kappa shape index (κ3) is 3.56. The first kappa shape index (κ1) is 12.1. The van der Waals surface area contributed by atoms with E-state index in [1.165, 1.54) is 5.56 Å². The maximum absolute atomic E-state index is 8.88. The van der Waals surface area contributed by atoms with Crippen molar-refractivity contribution in [3.05, 3.63) is 28.2 Å². The van der Waals surface area contributed by atoms with Gasteiger partial charge in [-0.2, -0.15) is 5.26 Å². The Bertz CT molecular complexity index is 391. The van der Waals surface area contributed by atoms with Gasteiger partial charge in [0.05, 0.1) is 11.5 Å². The summed E-state index contributed by atoms with van der Waals surface area (Å²) in [7, 11) is 0. The Hall–Kier alpha value is -1.01. The number of nitrogens with zero attached hydrogens (tertiary/aromatic N) is 1. The lowest BCUT2D eigenvalue weighted by atomic mass is 9.96. The zero-order valence-corrected chi connectivity index (χ0v) is 10.9. The van der Waals surface area contributed by atoms with Crippen molar-refractivity contribution in [2.45, 2.75) is 20.8 Å². The Kier molecular flexibility index (Phi) is 3.76. The molecule has 0 atom stereocenters. The highest BCUT2D eigenvalue weighted by atomic mass is 79.9. The summed E-state index contributed by atoms with van der Waals surface area (Å²) in [5.41, 5.74) is 1.90. The maximum atomic E-state index is 8.88. The number of halogens is 1. The molecule has 0 aliphatic carbocycles. The molecular weight excluding hydrogens is 252 g/mol. The minimum atomic E-state index is -0.343. The predicted molar refractivity (Wildman–Crippen MR) is 66.8 cm³/mol. The van der Waals surface area contributed by atoms with Gasteiger partial charge in [-0.1, -0.05) is 6.07 Å². The van der Waals surface area contributed by atoms with Gasteiger partial charge >= 0.3 is 0 Å². The van der Waals surface area contributed by atoms with Crippen molar-refractivity contribution in [2.24, 2.45) is 5.41 Å². The van der Waals surface area contributed by atoms with Crippen LogP contribution >= 0.6 is 15.9 Å². The standard InChI is InChI=1S/C12H15BrN2/c1-9-4-5-11(10(13)6-9)15-8-12(2,3)7-14/h4-6,15H,8H2,1-3H3. The Morgan fingerprint density at radius 1 is 1.47 bits per heavy atom. The Balaban J connectivity index is 2.71. The smallest absolute Gasteiger partial charge is 0.0702 e. The molecule has 3 heteroatoms. The molecule has 0 aromatic heterocycles. The van der Waals surface area contributed by atoms with Crippen LogP contribution in [0.1, 0.15) is 19.4 Å². The zero-order valence-electron chi connectivity index (χ0n) is 9.26. The first-order valence-corrected chi connectivity index (χ1v) is 5.65. The Morgan fingerprint density at radius 2 is 2.13 bits per heavy atom. The van der Waals surface area contributed by atoms with E-state index in [1.54, 1.807) is 0 Å². The topological polar surface area (TPSA) is 35.8 Å². The fraction of sp³-hybridized carbons (Fsp3) is 0.417. The van der Waals surface area contributed by atoms with Gasteiger partial charge in [-0.15, -0.1) is 0 Å². The van der Waals surface area contributed by atoms with Crippen molar-refractivity contribution in [1.29, 1.82) is 5.26 Å². The molecule has 0 aliphatic rings. The van der Waals surface area contributed by atoms with Gasteiger partial charge in [-0.05, 0) is 54.4 Å². The molecule has 1 rings (SSSR count). The quantitative estimate of drug-likeness (QED) is 0.905. The van der Waals surface area contributed by atoms with E-state index in [2.05, 4.69) is 33.4 Å². The normalized spacial score (nSPS) is 10.9. The van der Waals surface area contributed by atoms with E-state index in [1.807, 2.05) is 32.9 Å². The number of anilines is 1. The van der Waals surface area contributed by atoms with Gasteiger partial charge in [0.2, 0.25) is 0 Å². The highest BCUT2D eigenvalue weighted by Crippen LogP contribution is 2.24. The summed E-state index contributed by atoms with van der Waals surface area (Å²) >= 11 is 3.49. The van der Waals surface area contributed by atoms with Gasteiger partial charge in [0.15, 0.2) is 0 Å². The molecule has 0 saturated carbocycles. The minimum Gasteiger partial charge on any atom is -0.383 e. The van der Waals surface area contributed by atoms with Gasteiger partial charge in [0, 0.05) is 16.7 Å². The maximum Gasteiger partial charge on any atom is 0.0702 e. The number of rotatable bonds is 3. The van der Waals surface area contributed by atoms with Crippen LogP contribution in [0.3, 0.4) is 0 Å². The van der Waals surface area contributed by atoms with E-state index in [9.17, 15) is 0 Å². The fourth-order valence-electron chi connectivity index (χ4n) is 1.12. The number of nitriles is 1. The Morgan fingerprint density at radius 3 is 2.67 bits per heavy atom. The lowest BCUT2D eigenvalue weighted by Crippen LogP contribution is -2.21. The van der Waals surface area contributed by atoms with Crippen LogP contribution in [0.2, 0.25) is 0 Å². The number of benzene rings is 1. The van der Waals surface area contributed by atoms with Crippen LogP contribution in [0.25, 0.3) is 0 Å². The molecule has 1 N–H and O–H groups in total. The lowest BCUT2D eigenvalue weighted by Gasteiger charge is -2.17. The van der Waals surface area contributed by atoms with Crippen molar-refractivity contribution < 1.29 is 0 Å². The molecule has 0 amide bonds. The first-order valence-electron chi connectivity index (χ1n) is 4.86. The molecule has 0 unspecified atom stereocenters. The third-order valence-electron chi connectivity index (χ3n) is 2.15. The molecule has 15 heavy (non-hydrogen) atoms. The number of hydrogen-bond acceptors (Lipinski definition) is 2.